The molecule has 2 aromatic heterocycles. The average Bonchev–Trinajstić information content (AvgIpc) is 3.07. The van der Waals surface area contributed by atoms with Gasteiger partial charge in [-0.15, -0.1) is 0 Å². The van der Waals surface area contributed by atoms with Crippen molar-refractivity contribution in [3.63, 3.8) is 0 Å². The Kier molecular flexibility index (Phi) is 3.64. The molecule has 2 heterocycles. The fraction of sp³-hybridized carbons (Fsp3) is 0.0500. The maximum Gasteiger partial charge on any atom is 0.231 e. The van der Waals surface area contributed by atoms with Crippen LogP contribution in [-0.4, -0.2) is 9.97 Å². The molecule has 0 spiro atoms. The van der Waals surface area contributed by atoms with Crippen LogP contribution in [0.15, 0.2) is 65.2 Å². The maximum atomic E-state index is 8.77. The Morgan fingerprint density at radius 2 is 1.84 bits per heavy atom. The molecule has 5 nitrogen and oxygen atoms in total. The first kappa shape index (κ1) is 14.9. The molecule has 2 N–H and O–H groups in total. The minimum absolute atomic E-state index is 0.372. The molecule has 0 unspecified atom stereocenters. The SMILES string of the molecule is N#CCc1ccc(-c2cnc(N)c(-c3nc4ccccc4o3)c2)cc1. The summed E-state index contributed by atoms with van der Waals surface area (Å²) in [5.41, 5.74) is 11.1. The van der Waals surface area contributed by atoms with Crippen LogP contribution in [0.1, 0.15) is 5.56 Å². The number of hydrogen-bond acceptors (Lipinski definition) is 5. The van der Waals surface area contributed by atoms with Gasteiger partial charge in [-0.1, -0.05) is 36.4 Å². The number of benzene rings is 2. The Morgan fingerprint density at radius 3 is 2.60 bits per heavy atom. The predicted molar refractivity (Wildman–Crippen MR) is 96.4 cm³/mol. The molecule has 0 aliphatic rings. The maximum absolute atomic E-state index is 8.77. The summed E-state index contributed by atoms with van der Waals surface area (Å²) < 4.78 is 5.81. The number of nitriles is 1. The monoisotopic (exact) mass is 326 g/mol. The Balaban J connectivity index is 1.77. The van der Waals surface area contributed by atoms with Gasteiger partial charge in [0.05, 0.1) is 18.1 Å². The summed E-state index contributed by atoms with van der Waals surface area (Å²) in [6.07, 6.45) is 2.12. The van der Waals surface area contributed by atoms with Gasteiger partial charge in [-0.2, -0.15) is 5.26 Å². The first-order valence-corrected chi connectivity index (χ1v) is 7.82. The van der Waals surface area contributed by atoms with Crippen LogP contribution in [0.2, 0.25) is 0 Å². The lowest BCUT2D eigenvalue weighted by atomic mass is 10.0. The van der Waals surface area contributed by atoms with Crippen LogP contribution >= 0.6 is 0 Å². The van der Waals surface area contributed by atoms with Gasteiger partial charge < -0.3 is 10.2 Å². The van der Waals surface area contributed by atoms with E-state index in [9.17, 15) is 0 Å². The van der Waals surface area contributed by atoms with Crippen molar-refractivity contribution >= 4 is 16.9 Å². The number of para-hydroxylation sites is 2. The van der Waals surface area contributed by atoms with E-state index >= 15 is 0 Å². The summed E-state index contributed by atoms with van der Waals surface area (Å²) in [6, 6.07) is 19.5. The molecule has 0 bridgehead atoms. The van der Waals surface area contributed by atoms with Gasteiger partial charge in [0.2, 0.25) is 5.89 Å². The Morgan fingerprint density at radius 1 is 1.04 bits per heavy atom. The lowest BCUT2D eigenvalue weighted by Gasteiger charge is -2.06. The zero-order chi connectivity index (χ0) is 17.2. The molecule has 2 aromatic carbocycles. The fourth-order valence-corrected chi connectivity index (χ4v) is 2.70. The zero-order valence-corrected chi connectivity index (χ0v) is 13.3. The van der Waals surface area contributed by atoms with Crippen molar-refractivity contribution in [2.75, 3.05) is 5.73 Å². The summed E-state index contributed by atoms with van der Waals surface area (Å²) in [7, 11) is 0. The van der Waals surface area contributed by atoms with E-state index in [1.165, 1.54) is 0 Å². The van der Waals surface area contributed by atoms with Gasteiger partial charge in [-0.3, -0.25) is 0 Å². The minimum atomic E-state index is 0.372. The fourth-order valence-electron chi connectivity index (χ4n) is 2.70. The van der Waals surface area contributed by atoms with Crippen molar-refractivity contribution in [1.29, 1.82) is 5.26 Å². The van der Waals surface area contributed by atoms with Crippen molar-refractivity contribution in [2.24, 2.45) is 0 Å². The predicted octanol–water partition coefficient (Wildman–Crippen LogP) is 4.21. The second-order valence-electron chi connectivity index (χ2n) is 5.68. The molecule has 0 radical (unpaired) electrons. The highest BCUT2D eigenvalue weighted by molar-refractivity contribution is 5.80. The number of aromatic nitrogens is 2. The zero-order valence-electron chi connectivity index (χ0n) is 13.3. The molecule has 0 atom stereocenters. The number of nitrogens with zero attached hydrogens (tertiary/aromatic N) is 3. The standard InChI is InChI=1S/C20H14N4O/c21-10-9-13-5-7-14(8-6-13)15-11-16(19(22)23-12-15)20-24-17-3-1-2-4-18(17)25-20/h1-8,11-12H,9H2,(H2,22,23). The number of pyridine rings is 1. The normalized spacial score (nSPS) is 10.7. The highest BCUT2D eigenvalue weighted by Gasteiger charge is 2.13. The lowest BCUT2D eigenvalue weighted by molar-refractivity contribution is 0.620. The van der Waals surface area contributed by atoms with E-state index < -0.39 is 0 Å². The Labute approximate surface area is 144 Å². The lowest BCUT2D eigenvalue weighted by Crippen LogP contribution is -1.95. The van der Waals surface area contributed by atoms with E-state index in [1.807, 2.05) is 54.6 Å². The van der Waals surface area contributed by atoms with Crippen molar-refractivity contribution in [1.82, 2.24) is 9.97 Å². The first-order chi connectivity index (χ1) is 12.2. The largest absolute Gasteiger partial charge is 0.436 e. The molecule has 5 heteroatoms. The number of rotatable bonds is 3. The Hall–Kier alpha value is -3.65. The van der Waals surface area contributed by atoms with E-state index in [0.717, 1.165) is 22.2 Å². The highest BCUT2D eigenvalue weighted by Crippen LogP contribution is 2.31. The molecule has 25 heavy (non-hydrogen) atoms. The van der Waals surface area contributed by atoms with Crippen LogP contribution in [0.25, 0.3) is 33.7 Å². The van der Waals surface area contributed by atoms with Crippen LogP contribution in [-0.2, 0) is 6.42 Å². The third-order valence-electron chi connectivity index (χ3n) is 4.01. The topological polar surface area (TPSA) is 88.7 Å². The highest BCUT2D eigenvalue weighted by atomic mass is 16.3. The summed E-state index contributed by atoms with van der Waals surface area (Å²) >= 11 is 0. The number of nitrogens with two attached hydrogens (primary N) is 1. The molecule has 0 amide bonds. The number of anilines is 1. The van der Waals surface area contributed by atoms with E-state index in [4.69, 9.17) is 15.4 Å². The third kappa shape index (κ3) is 2.81. The number of fused-ring (bicyclic) bond motifs is 1. The van der Waals surface area contributed by atoms with Gasteiger partial charge >= 0.3 is 0 Å². The van der Waals surface area contributed by atoms with E-state index in [1.54, 1.807) is 6.20 Å². The van der Waals surface area contributed by atoms with Crippen LogP contribution in [0.4, 0.5) is 5.82 Å². The average molecular weight is 326 g/mol. The smallest absolute Gasteiger partial charge is 0.231 e. The van der Waals surface area contributed by atoms with Crippen molar-refractivity contribution in [3.05, 3.63) is 66.4 Å². The molecule has 0 aliphatic carbocycles. The van der Waals surface area contributed by atoms with Crippen LogP contribution in [0, 0.1) is 11.3 Å². The second-order valence-corrected chi connectivity index (χ2v) is 5.68. The van der Waals surface area contributed by atoms with Gasteiger partial charge in [-0.05, 0) is 29.3 Å². The van der Waals surface area contributed by atoms with Gasteiger partial charge in [0.25, 0.3) is 0 Å². The second kappa shape index (κ2) is 6.10. The molecular formula is C20H14N4O. The molecular weight excluding hydrogens is 312 g/mol. The number of nitrogen functional groups attached to an aromatic ring is 1. The molecule has 0 aliphatic heterocycles. The molecule has 4 rings (SSSR count). The van der Waals surface area contributed by atoms with Crippen molar-refractivity contribution < 1.29 is 4.42 Å². The number of hydrogen-bond donors (Lipinski definition) is 1. The molecule has 120 valence electrons. The van der Waals surface area contributed by atoms with Gasteiger partial charge in [-0.25, -0.2) is 9.97 Å². The minimum Gasteiger partial charge on any atom is -0.436 e. The molecule has 0 saturated carbocycles. The first-order valence-electron chi connectivity index (χ1n) is 7.82. The van der Waals surface area contributed by atoms with Crippen molar-refractivity contribution in [3.8, 4) is 28.7 Å². The van der Waals surface area contributed by atoms with Crippen LogP contribution < -0.4 is 5.73 Å². The van der Waals surface area contributed by atoms with E-state index in [0.29, 0.717) is 29.3 Å². The number of oxazole rings is 1. The molecule has 0 saturated heterocycles. The Bertz CT molecular complexity index is 1060. The molecule has 4 aromatic rings. The third-order valence-corrected chi connectivity index (χ3v) is 4.01. The van der Waals surface area contributed by atoms with Gasteiger partial charge in [0, 0.05) is 11.8 Å². The van der Waals surface area contributed by atoms with Gasteiger partial charge in [0.1, 0.15) is 11.3 Å². The van der Waals surface area contributed by atoms with Crippen LogP contribution in [0.5, 0.6) is 0 Å². The van der Waals surface area contributed by atoms with E-state index in [-0.39, 0.29) is 0 Å². The summed E-state index contributed by atoms with van der Waals surface area (Å²) in [6.45, 7) is 0. The summed E-state index contributed by atoms with van der Waals surface area (Å²) in [5, 5.41) is 8.77. The quantitative estimate of drug-likeness (QED) is 0.609. The molecule has 0 fully saturated rings. The van der Waals surface area contributed by atoms with Gasteiger partial charge in [0.15, 0.2) is 5.58 Å². The van der Waals surface area contributed by atoms with E-state index in [2.05, 4.69) is 16.0 Å². The van der Waals surface area contributed by atoms with Crippen molar-refractivity contribution in [2.45, 2.75) is 6.42 Å². The van der Waals surface area contributed by atoms with Crippen LogP contribution in [0.3, 0.4) is 0 Å². The summed E-state index contributed by atoms with van der Waals surface area (Å²) in [4.78, 5) is 8.78. The summed E-state index contributed by atoms with van der Waals surface area (Å²) in [5.74, 6) is 0.825.